The molecular weight excluding hydrogens is 313 g/mol. The minimum atomic E-state index is -0.482. The van der Waals surface area contributed by atoms with Gasteiger partial charge in [-0.3, -0.25) is 0 Å². The average molecular weight is 328 g/mol. The van der Waals surface area contributed by atoms with Crippen molar-refractivity contribution in [2.75, 3.05) is 5.73 Å². The molecule has 0 saturated heterocycles. The van der Waals surface area contributed by atoms with E-state index in [1.54, 1.807) is 30.3 Å². The summed E-state index contributed by atoms with van der Waals surface area (Å²) in [6.45, 7) is 0.389. The number of halogens is 2. The predicted molar refractivity (Wildman–Crippen MR) is 92.0 cm³/mol. The highest BCUT2D eigenvalue weighted by Crippen LogP contribution is 2.36. The van der Waals surface area contributed by atoms with Crippen LogP contribution in [0.2, 0.25) is 5.02 Å². The number of hydrogen-bond donors (Lipinski definition) is 1. The Balaban J connectivity index is 1.96. The van der Waals surface area contributed by atoms with Crippen molar-refractivity contribution in [3.05, 3.63) is 83.1 Å². The lowest BCUT2D eigenvalue weighted by Crippen LogP contribution is -1.99. The van der Waals surface area contributed by atoms with Gasteiger partial charge in [0.2, 0.25) is 0 Å². The minimum absolute atomic E-state index is 0.0685. The van der Waals surface area contributed by atoms with Crippen molar-refractivity contribution in [1.29, 1.82) is 0 Å². The van der Waals surface area contributed by atoms with Crippen molar-refractivity contribution >= 4 is 17.3 Å². The Morgan fingerprint density at radius 2 is 1.70 bits per heavy atom. The van der Waals surface area contributed by atoms with E-state index in [2.05, 4.69) is 0 Å². The van der Waals surface area contributed by atoms with Crippen LogP contribution >= 0.6 is 11.6 Å². The lowest BCUT2D eigenvalue weighted by atomic mass is 10.0. The van der Waals surface area contributed by atoms with Gasteiger partial charge in [0.1, 0.15) is 18.2 Å². The predicted octanol–water partition coefficient (Wildman–Crippen LogP) is 5.31. The molecule has 3 rings (SSSR count). The highest BCUT2D eigenvalue weighted by atomic mass is 35.5. The summed E-state index contributed by atoms with van der Waals surface area (Å²) in [5, 5.41) is 0.0685. The fraction of sp³-hybridized carbons (Fsp3) is 0.0526. The molecule has 0 fully saturated rings. The Hall–Kier alpha value is -2.52. The molecule has 0 amide bonds. The summed E-state index contributed by atoms with van der Waals surface area (Å²) in [4.78, 5) is 0. The number of benzene rings is 3. The van der Waals surface area contributed by atoms with Crippen molar-refractivity contribution in [1.82, 2.24) is 0 Å². The second-order valence-electron chi connectivity index (χ2n) is 5.13. The number of rotatable bonds is 4. The molecule has 0 aliphatic heterocycles. The number of nitrogens with two attached hydrogens (primary N) is 1. The summed E-state index contributed by atoms with van der Waals surface area (Å²) in [6, 6.07) is 19.8. The molecule has 2 nitrogen and oxygen atoms in total. The van der Waals surface area contributed by atoms with Gasteiger partial charge in [-0.05, 0) is 29.8 Å². The summed E-state index contributed by atoms with van der Waals surface area (Å²) in [7, 11) is 0. The SMILES string of the molecule is Nc1ccc(OCc2ccccc2)c(-c2cccc(Cl)c2F)c1. The maximum atomic E-state index is 14.3. The zero-order valence-corrected chi connectivity index (χ0v) is 13.1. The molecule has 116 valence electrons. The summed E-state index contributed by atoms with van der Waals surface area (Å²) in [6.07, 6.45) is 0. The van der Waals surface area contributed by atoms with E-state index in [-0.39, 0.29) is 5.02 Å². The molecule has 3 aromatic carbocycles. The average Bonchev–Trinajstić information content (AvgIpc) is 2.57. The third-order valence-corrected chi connectivity index (χ3v) is 3.77. The second kappa shape index (κ2) is 6.71. The van der Waals surface area contributed by atoms with Gasteiger partial charge < -0.3 is 10.5 Å². The lowest BCUT2D eigenvalue weighted by Gasteiger charge is -2.13. The van der Waals surface area contributed by atoms with E-state index in [4.69, 9.17) is 22.1 Å². The van der Waals surface area contributed by atoms with E-state index in [9.17, 15) is 4.39 Å². The molecule has 0 bridgehead atoms. The first-order chi connectivity index (χ1) is 11.1. The van der Waals surface area contributed by atoms with Gasteiger partial charge >= 0.3 is 0 Å². The van der Waals surface area contributed by atoms with Crippen LogP contribution in [-0.2, 0) is 6.61 Å². The molecule has 0 heterocycles. The molecule has 0 radical (unpaired) electrons. The van der Waals surface area contributed by atoms with Gasteiger partial charge in [-0.15, -0.1) is 0 Å². The largest absolute Gasteiger partial charge is 0.488 e. The summed E-state index contributed by atoms with van der Waals surface area (Å²) in [5.74, 6) is 0.0774. The van der Waals surface area contributed by atoms with Gasteiger partial charge in [0.05, 0.1) is 5.02 Å². The Morgan fingerprint density at radius 3 is 2.48 bits per heavy atom. The van der Waals surface area contributed by atoms with Crippen LogP contribution in [0.15, 0.2) is 66.7 Å². The number of ether oxygens (including phenoxy) is 1. The summed E-state index contributed by atoms with van der Waals surface area (Å²) < 4.78 is 20.2. The molecule has 2 N–H and O–H groups in total. The van der Waals surface area contributed by atoms with Gasteiger partial charge in [-0.25, -0.2) is 4.39 Å². The molecule has 4 heteroatoms. The third-order valence-electron chi connectivity index (χ3n) is 3.48. The Bertz CT molecular complexity index is 821. The van der Waals surface area contributed by atoms with Gasteiger partial charge in [0, 0.05) is 16.8 Å². The van der Waals surface area contributed by atoms with Crippen LogP contribution in [0.25, 0.3) is 11.1 Å². The molecule has 0 aliphatic carbocycles. The Morgan fingerprint density at radius 1 is 0.913 bits per heavy atom. The van der Waals surface area contributed by atoms with Crippen molar-refractivity contribution in [2.24, 2.45) is 0 Å². The van der Waals surface area contributed by atoms with Crippen LogP contribution in [-0.4, -0.2) is 0 Å². The second-order valence-corrected chi connectivity index (χ2v) is 5.54. The highest BCUT2D eigenvalue weighted by Gasteiger charge is 2.14. The van der Waals surface area contributed by atoms with Gasteiger partial charge in [-0.1, -0.05) is 54.1 Å². The van der Waals surface area contributed by atoms with Crippen LogP contribution in [0.1, 0.15) is 5.56 Å². The molecule has 0 atom stereocenters. The third kappa shape index (κ3) is 3.46. The van der Waals surface area contributed by atoms with E-state index >= 15 is 0 Å². The number of nitrogen functional groups attached to an aromatic ring is 1. The van der Waals surface area contributed by atoms with E-state index in [0.29, 0.717) is 29.2 Å². The maximum absolute atomic E-state index is 14.3. The van der Waals surface area contributed by atoms with Crippen molar-refractivity contribution in [3.8, 4) is 16.9 Å². The van der Waals surface area contributed by atoms with Gasteiger partial charge in [-0.2, -0.15) is 0 Å². The fourth-order valence-corrected chi connectivity index (χ4v) is 2.51. The molecule has 23 heavy (non-hydrogen) atoms. The number of anilines is 1. The quantitative estimate of drug-likeness (QED) is 0.659. The van der Waals surface area contributed by atoms with E-state index < -0.39 is 5.82 Å². The Kier molecular flexibility index (Phi) is 4.49. The first-order valence-corrected chi connectivity index (χ1v) is 7.53. The molecular formula is C19H15ClFNO. The van der Waals surface area contributed by atoms with Crippen LogP contribution < -0.4 is 10.5 Å². The maximum Gasteiger partial charge on any atom is 0.149 e. The van der Waals surface area contributed by atoms with Gasteiger partial charge in [0.25, 0.3) is 0 Å². The number of hydrogen-bond acceptors (Lipinski definition) is 2. The highest BCUT2D eigenvalue weighted by molar-refractivity contribution is 6.31. The molecule has 0 aromatic heterocycles. The molecule has 3 aromatic rings. The van der Waals surface area contributed by atoms with Gasteiger partial charge in [0.15, 0.2) is 0 Å². The smallest absolute Gasteiger partial charge is 0.149 e. The minimum Gasteiger partial charge on any atom is -0.488 e. The summed E-state index contributed by atoms with van der Waals surface area (Å²) >= 11 is 5.88. The van der Waals surface area contributed by atoms with Crippen molar-refractivity contribution in [2.45, 2.75) is 6.61 Å². The Labute approximate surface area is 139 Å². The first-order valence-electron chi connectivity index (χ1n) is 7.16. The zero-order chi connectivity index (χ0) is 16.2. The first kappa shape index (κ1) is 15.4. The summed E-state index contributed by atoms with van der Waals surface area (Å²) in [5.41, 5.74) is 8.37. The standard InChI is InChI=1S/C19H15ClFNO/c20-17-8-4-7-15(19(17)21)16-11-14(22)9-10-18(16)23-12-13-5-2-1-3-6-13/h1-11H,12,22H2. The molecule has 0 unspecified atom stereocenters. The van der Waals surface area contributed by atoms with Crippen molar-refractivity contribution < 1.29 is 9.13 Å². The van der Waals surface area contributed by atoms with Crippen molar-refractivity contribution in [3.63, 3.8) is 0 Å². The lowest BCUT2D eigenvalue weighted by molar-refractivity contribution is 0.307. The zero-order valence-electron chi connectivity index (χ0n) is 12.3. The monoisotopic (exact) mass is 327 g/mol. The molecule has 0 saturated carbocycles. The van der Waals surface area contributed by atoms with E-state index in [1.165, 1.54) is 6.07 Å². The fourth-order valence-electron chi connectivity index (χ4n) is 2.33. The molecule has 0 spiro atoms. The van der Waals surface area contributed by atoms with Crippen LogP contribution in [0.4, 0.5) is 10.1 Å². The van der Waals surface area contributed by atoms with Crippen LogP contribution in [0.5, 0.6) is 5.75 Å². The van der Waals surface area contributed by atoms with E-state index in [0.717, 1.165) is 5.56 Å². The topological polar surface area (TPSA) is 35.2 Å². The van der Waals surface area contributed by atoms with Crippen LogP contribution in [0, 0.1) is 5.82 Å². The normalized spacial score (nSPS) is 10.5. The molecule has 0 aliphatic rings. The van der Waals surface area contributed by atoms with Crippen LogP contribution in [0.3, 0.4) is 0 Å². The van der Waals surface area contributed by atoms with E-state index in [1.807, 2.05) is 30.3 Å².